The Balaban J connectivity index is 3.22. The van der Waals surface area contributed by atoms with Gasteiger partial charge in [-0.3, -0.25) is 0 Å². The highest BCUT2D eigenvalue weighted by molar-refractivity contribution is 6.30. The molecular weight excluding hydrogens is 156 g/mol. The standard InChI is InChI=1S/C10H5Cl/c1-2-9-5-3-4-6-10(9)7-8-11/h1,3-6H. The summed E-state index contributed by atoms with van der Waals surface area (Å²) in [5, 5.41) is 2.29. The lowest BCUT2D eigenvalue weighted by molar-refractivity contribution is 1.59. The summed E-state index contributed by atoms with van der Waals surface area (Å²) in [5.74, 6) is 5.22. The van der Waals surface area contributed by atoms with Gasteiger partial charge < -0.3 is 0 Å². The number of hydrogen-bond acceptors (Lipinski definition) is 0. The lowest BCUT2D eigenvalue weighted by atomic mass is 10.1. The van der Waals surface area contributed by atoms with Gasteiger partial charge in [0, 0.05) is 16.5 Å². The highest BCUT2D eigenvalue weighted by Gasteiger charge is 1.91. The third kappa shape index (κ3) is 1.77. The Hall–Kier alpha value is -1.37. The molecule has 0 saturated heterocycles. The van der Waals surface area contributed by atoms with Gasteiger partial charge in [0.2, 0.25) is 0 Å². The van der Waals surface area contributed by atoms with Crippen molar-refractivity contribution >= 4 is 11.6 Å². The summed E-state index contributed by atoms with van der Waals surface area (Å²) in [4.78, 5) is 0. The van der Waals surface area contributed by atoms with E-state index in [-0.39, 0.29) is 0 Å². The van der Waals surface area contributed by atoms with E-state index in [0.29, 0.717) is 0 Å². The van der Waals surface area contributed by atoms with Gasteiger partial charge in [-0.25, -0.2) is 0 Å². The van der Waals surface area contributed by atoms with E-state index in [1.54, 1.807) is 0 Å². The van der Waals surface area contributed by atoms with E-state index in [4.69, 9.17) is 18.0 Å². The molecule has 0 unspecified atom stereocenters. The quantitative estimate of drug-likeness (QED) is 0.511. The fraction of sp³-hybridized carbons (Fsp3) is 0. The van der Waals surface area contributed by atoms with Crippen LogP contribution in [0.15, 0.2) is 24.3 Å². The minimum absolute atomic E-state index is 0.778. The summed E-state index contributed by atoms with van der Waals surface area (Å²) in [6.07, 6.45) is 5.22. The first-order valence-corrected chi connectivity index (χ1v) is 3.43. The van der Waals surface area contributed by atoms with E-state index < -0.39 is 0 Å². The fourth-order valence-corrected chi connectivity index (χ4v) is 0.871. The zero-order valence-electron chi connectivity index (χ0n) is 5.76. The van der Waals surface area contributed by atoms with Crippen molar-refractivity contribution in [2.24, 2.45) is 0 Å². The van der Waals surface area contributed by atoms with Gasteiger partial charge in [0.1, 0.15) is 0 Å². The Morgan fingerprint density at radius 2 is 1.82 bits per heavy atom. The molecule has 0 fully saturated rings. The molecule has 0 nitrogen and oxygen atoms in total. The molecular formula is C10H5Cl. The Bertz CT molecular complexity index is 347. The molecule has 0 amide bonds. The van der Waals surface area contributed by atoms with Crippen molar-refractivity contribution in [2.45, 2.75) is 0 Å². The van der Waals surface area contributed by atoms with Crippen LogP contribution >= 0.6 is 11.6 Å². The summed E-state index contributed by atoms with van der Waals surface area (Å²) < 4.78 is 0. The van der Waals surface area contributed by atoms with Crippen LogP contribution in [0.25, 0.3) is 0 Å². The van der Waals surface area contributed by atoms with Crippen LogP contribution in [-0.4, -0.2) is 0 Å². The molecule has 11 heavy (non-hydrogen) atoms. The van der Waals surface area contributed by atoms with Gasteiger partial charge in [0.05, 0.1) is 0 Å². The van der Waals surface area contributed by atoms with Gasteiger partial charge in [-0.05, 0) is 29.7 Å². The van der Waals surface area contributed by atoms with Crippen LogP contribution in [0.3, 0.4) is 0 Å². The molecule has 0 bridgehead atoms. The van der Waals surface area contributed by atoms with Gasteiger partial charge in [-0.1, -0.05) is 18.1 Å². The monoisotopic (exact) mass is 160 g/mol. The van der Waals surface area contributed by atoms with E-state index in [0.717, 1.165) is 11.1 Å². The maximum absolute atomic E-state index is 5.24. The molecule has 0 aliphatic rings. The summed E-state index contributed by atoms with van der Waals surface area (Å²) in [7, 11) is 0. The molecule has 0 aliphatic heterocycles. The van der Waals surface area contributed by atoms with E-state index in [1.807, 2.05) is 24.3 Å². The summed E-state index contributed by atoms with van der Waals surface area (Å²) >= 11 is 5.24. The molecule has 0 atom stereocenters. The number of benzene rings is 1. The number of hydrogen-bond donors (Lipinski definition) is 0. The Morgan fingerprint density at radius 3 is 2.36 bits per heavy atom. The van der Waals surface area contributed by atoms with E-state index in [9.17, 15) is 0 Å². The molecule has 0 aromatic heterocycles. The van der Waals surface area contributed by atoms with Crippen molar-refractivity contribution < 1.29 is 0 Å². The summed E-state index contributed by atoms with van der Waals surface area (Å²) in [6.45, 7) is 0. The smallest absolute Gasteiger partial charge is 0.0414 e. The third-order valence-electron chi connectivity index (χ3n) is 1.26. The highest BCUT2D eigenvalue weighted by atomic mass is 35.5. The van der Waals surface area contributed by atoms with Crippen LogP contribution in [0.4, 0.5) is 0 Å². The zero-order chi connectivity index (χ0) is 8.10. The normalized spacial score (nSPS) is 7.64. The van der Waals surface area contributed by atoms with Crippen molar-refractivity contribution in [1.82, 2.24) is 0 Å². The Kier molecular flexibility index (Phi) is 2.61. The van der Waals surface area contributed by atoms with Crippen molar-refractivity contribution in [2.75, 3.05) is 0 Å². The minimum Gasteiger partial charge on any atom is -0.115 e. The summed E-state index contributed by atoms with van der Waals surface area (Å²) in [5.41, 5.74) is 1.57. The summed E-state index contributed by atoms with van der Waals surface area (Å²) in [6, 6.07) is 7.41. The largest absolute Gasteiger partial charge is 0.115 e. The van der Waals surface area contributed by atoms with Crippen LogP contribution < -0.4 is 0 Å². The first-order valence-electron chi connectivity index (χ1n) is 3.06. The highest BCUT2D eigenvalue weighted by Crippen LogP contribution is 2.04. The van der Waals surface area contributed by atoms with Crippen LogP contribution in [0.5, 0.6) is 0 Å². The third-order valence-corrected chi connectivity index (χ3v) is 1.36. The van der Waals surface area contributed by atoms with Crippen LogP contribution in [0.1, 0.15) is 11.1 Å². The number of halogens is 1. The maximum atomic E-state index is 5.24. The van der Waals surface area contributed by atoms with E-state index in [2.05, 4.69) is 17.2 Å². The second-order valence-electron chi connectivity index (χ2n) is 1.91. The van der Waals surface area contributed by atoms with Gasteiger partial charge in [-0.2, -0.15) is 0 Å². The molecule has 0 N–H and O–H groups in total. The molecule has 1 aromatic carbocycles. The van der Waals surface area contributed by atoms with Crippen LogP contribution in [0.2, 0.25) is 0 Å². The number of rotatable bonds is 0. The van der Waals surface area contributed by atoms with Crippen LogP contribution in [-0.2, 0) is 0 Å². The molecule has 1 rings (SSSR count). The molecule has 1 aromatic rings. The van der Waals surface area contributed by atoms with Crippen molar-refractivity contribution in [3.63, 3.8) is 0 Å². The number of terminal acetylenes is 1. The molecule has 0 radical (unpaired) electrons. The van der Waals surface area contributed by atoms with E-state index >= 15 is 0 Å². The lowest BCUT2D eigenvalue weighted by Gasteiger charge is -1.92. The van der Waals surface area contributed by atoms with Crippen molar-refractivity contribution in [3.05, 3.63) is 35.4 Å². The van der Waals surface area contributed by atoms with Gasteiger partial charge in [-0.15, -0.1) is 6.42 Å². The molecule has 0 saturated carbocycles. The predicted octanol–water partition coefficient (Wildman–Crippen LogP) is 2.22. The zero-order valence-corrected chi connectivity index (χ0v) is 6.52. The average molecular weight is 161 g/mol. The molecule has 0 spiro atoms. The predicted molar refractivity (Wildman–Crippen MR) is 47.1 cm³/mol. The Labute approximate surface area is 71.2 Å². The molecule has 0 aliphatic carbocycles. The molecule has 1 heteroatoms. The molecule has 52 valence electrons. The Morgan fingerprint density at radius 1 is 1.18 bits per heavy atom. The first kappa shape index (κ1) is 7.73. The van der Waals surface area contributed by atoms with Gasteiger partial charge in [0.15, 0.2) is 0 Å². The topological polar surface area (TPSA) is 0 Å². The minimum atomic E-state index is 0.778. The average Bonchev–Trinajstić information content (AvgIpc) is 2.06. The van der Waals surface area contributed by atoms with Crippen molar-refractivity contribution in [3.8, 4) is 23.6 Å². The van der Waals surface area contributed by atoms with Crippen molar-refractivity contribution in [1.29, 1.82) is 0 Å². The second kappa shape index (κ2) is 3.71. The maximum Gasteiger partial charge on any atom is 0.0414 e. The van der Waals surface area contributed by atoms with Gasteiger partial charge in [0.25, 0.3) is 0 Å². The van der Waals surface area contributed by atoms with Crippen LogP contribution in [0, 0.1) is 23.6 Å². The second-order valence-corrected chi connectivity index (χ2v) is 2.10. The van der Waals surface area contributed by atoms with E-state index in [1.165, 1.54) is 0 Å². The lowest BCUT2D eigenvalue weighted by Crippen LogP contribution is -1.80. The molecule has 0 heterocycles. The fourth-order valence-electron chi connectivity index (χ4n) is 0.769. The first-order chi connectivity index (χ1) is 5.38. The van der Waals surface area contributed by atoms with Gasteiger partial charge >= 0.3 is 0 Å². The SMILES string of the molecule is C#Cc1ccccc1C#CCl.